The molecule has 0 aliphatic carbocycles. The highest BCUT2D eigenvalue weighted by atomic mass is 32.2. The summed E-state index contributed by atoms with van der Waals surface area (Å²) in [6.45, 7) is 5.02. The van der Waals surface area contributed by atoms with Gasteiger partial charge in [0.25, 0.3) is 10.2 Å². The van der Waals surface area contributed by atoms with Crippen molar-refractivity contribution in [3.63, 3.8) is 0 Å². The molecule has 6 nitrogen and oxygen atoms in total. The lowest BCUT2D eigenvalue weighted by Crippen LogP contribution is -2.46. The number of nitrogens with one attached hydrogen (secondary N) is 1. The molecule has 0 amide bonds. The summed E-state index contributed by atoms with van der Waals surface area (Å²) in [5.74, 6) is 0.447. The topological polar surface area (TPSA) is 84.7 Å². The molecule has 1 atom stereocenters. The number of ether oxygens (including phenoxy) is 1. The summed E-state index contributed by atoms with van der Waals surface area (Å²) in [5.41, 5.74) is 5.50. The minimum absolute atomic E-state index is 0.439. The third kappa shape index (κ3) is 5.31. The van der Waals surface area contributed by atoms with Crippen molar-refractivity contribution in [3.8, 4) is 0 Å². The van der Waals surface area contributed by atoms with E-state index in [4.69, 9.17) is 10.5 Å². The standard InChI is InChI=1S/C10H23N3O3S/c1-10(9-11)3-2-4-12-17(14,15)13-5-7-16-8-6-13/h10,12H,2-9,11H2,1H3. The van der Waals surface area contributed by atoms with Gasteiger partial charge in [0, 0.05) is 19.6 Å². The average Bonchev–Trinajstić information content (AvgIpc) is 2.35. The zero-order chi connectivity index (χ0) is 12.7. The molecule has 3 N–H and O–H groups in total. The number of rotatable bonds is 7. The lowest BCUT2D eigenvalue weighted by molar-refractivity contribution is 0.0725. The quantitative estimate of drug-likeness (QED) is 0.609. The molecule has 1 aliphatic heterocycles. The van der Waals surface area contributed by atoms with Gasteiger partial charge in [-0.25, -0.2) is 4.72 Å². The Labute approximate surface area is 104 Å². The molecule has 0 radical (unpaired) electrons. The van der Waals surface area contributed by atoms with Gasteiger partial charge in [-0.3, -0.25) is 0 Å². The van der Waals surface area contributed by atoms with E-state index in [0.29, 0.717) is 45.3 Å². The van der Waals surface area contributed by atoms with Crippen LogP contribution >= 0.6 is 0 Å². The normalized spacial score (nSPS) is 20.4. The fraction of sp³-hybridized carbons (Fsp3) is 1.00. The Morgan fingerprint density at radius 3 is 2.65 bits per heavy atom. The van der Waals surface area contributed by atoms with Crippen molar-refractivity contribution in [3.05, 3.63) is 0 Å². The first-order valence-electron chi connectivity index (χ1n) is 6.09. The molecule has 0 bridgehead atoms. The third-order valence-electron chi connectivity index (χ3n) is 2.87. The third-order valence-corrected chi connectivity index (χ3v) is 4.48. The van der Waals surface area contributed by atoms with Crippen LogP contribution in [0.1, 0.15) is 19.8 Å². The summed E-state index contributed by atoms with van der Waals surface area (Å²) in [5, 5.41) is 0. The zero-order valence-corrected chi connectivity index (χ0v) is 11.2. The summed E-state index contributed by atoms with van der Waals surface area (Å²) in [6.07, 6.45) is 1.77. The average molecular weight is 265 g/mol. The molecule has 1 unspecified atom stereocenters. The van der Waals surface area contributed by atoms with Crippen LogP contribution in [0.3, 0.4) is 0 Å². The van der Waals surface area contributed by atoms with Crippen molar-refractivity contribution in [2.24, 2.45) is 11.7 Å². The summed E-state index contributed by atoms with van der Waals surface area (Å²) in [7, 11) is -3.32. The van der Waals surface area contributed by atoms with Crippen LogP contribution in [-0.4, -0.2) is 52.1 Å². The van der Waals surface area contributed by atoms with E-state index in [1.54, 1.807) is 0 Å². The summed E-state index contributed by atoms with van der Waals surface area (Å²) < 4.78 is 32.8. The van der Waals surface area contributed by atoms with Gasteiger partial charge in [-0.05, 0) is 25.3 Å². The van der Waals surface area contributed by atoms with E-state index in [1.807, 2.05) is 0 Å². The lowest BCUT2D eigenvalue weighted by Gasteiger charge is -2.26. The fourth-order valence-corrected chi connectivity index (χ4v) is 2.86. The lowest BCUT2D eigenvalue weighted by atomic mass is 10.1. The van der Waals surface area contributed by atoms with Crippen LogP contribution in [0.5, 0.6) is 0 Å². The monoisotopic (exact) mass is 265 g/mol. The second-order valence-electron chi connectivity index (χ2n) is 4.39. The van der Waals surface area contributed by atoms with Gasteiger partial charge >= 0.3 is 0 Å². The second kappa shape index (κ2) is 7.27. The maximum atomic E-state index is 11.8. The maximum Gasteiger partial charge on any atom is 0.279 e. The smallest absolute Gasteiger partial charge is 0.279 e. The minimum atomic E-state index is -3.32. The van der Waals surface area contributed by atoms with Crippen LogP contribution in [0, 0.1) is 5.92 Å². The molecule has 102 valence electrons. The second-order valence-corrected chi connectivity index (χ2v) is 6.15. The maximum absolute atomic E-state index is 11.8. The molecule has 0 aromatic rings. The van der Waals surface area contributed by atoms with Crippen molar-refractivity contribution in [1.29, 1.82) is 0 Å². The molecule has 1 rings (SSSR count). The Hall–Kier alpha value is -0.210. The van der Waals surface area contributed by atoms with E-state index in [9.17, 15) is 8.42 Å². The van der Waals surface area contributed by atoms with E-state index < -0.39 is 10.2 Å². The molecule has 0 aromatic heterocycles. The van der Waals surface area contributed by atoms with Crippen molar-refractivity contribution in [2.45, 2.75) is 19.8 Å². The van der Waals surface area contributed by atoms with Crippen LogP contribution in [0.25, 0.3) is 0 Å². The molecule has 1 heterocycles. The van der Waals surface area contributed by atoms with E-state index in [0.717, 1.165) is 12.8 Å². The van der Waals surface area contributed by atoms with Crippen molar-refractivity contribution < 1.29 is 13.2 Å². The van der Waals surface area contributed by atoms with Crippen LogP contribution in [-0.2, 0) is 14.9 Å². The summed E-state index contributed by atoms with van der Waals surface area (Å²) >= 11 is 0. The van der Waals surface area contributed by atoms with E-state index in [-0.39, 0.29) is 0 Å². The van der Waals surface area contributed by atoms with Gasteiger partial charge in [0.1, 0.15) is 0 Å². The zero-order valence-electron chi connectivity index (χ0n) is 10.4. The molecule has 1 fully saturated rings. The largest absolute Gasteiger partial charge is 0.379 e. The Balaban J connectivity index is 2.24. The van der Waals surface area contributed by atoms with Crippen LogP contribution in [0.2, 0.25) is 0 Å². The predicted molar refractivity (Wildman–Crippen MR) is 66.8 cm³/mol. The van der Waals surface area contributed by atoms with Gasteiger partial charge in [-0.2, -0.15) is 12.7 Å². The first-order chi connectivity index (χ1) is 8.06. The highest BCUT2D eigenvalue weighted by molar-refractivity contribution is 7.87. The number of morpholine rings is 1. The van der Waals surface area contributed by atoms with Gasteiger partial charge in [0.15, 0.2) is 0 Å². The molecular formula is C10H23N3O3S. The minimum Gasteiger partial charge on any atom is -0.379 e. The Morgan fingerprint density at radius 1 is 1.41 bits per heavy atom. The molecule has 0 spiro atoms. The molecule has 1 saturated heterocycles. The van der Waals surface area contributed by atoms with Crippen molar-refractivity contribution in [1.82, 2.24) is 9.03 Å². The summed E-state index contributed by atoms with van der Waals surface area (Å²) in [6, 6.07) is 0. The molecule has 1 aliphatic rings. The molecule has 0 saturated carbocycles. The van der Waals surface area contributed by atoms with Crippen LogP contribution < -0.4 is 10.5 Å². The van der Waals surface area contributed by atoms with Crippen molar-refractivity contribution in [2.75, 3.05) is 39.4 Å². The van der Waals surface area contributed by atoms with Gasteiger partial charge < -0.3 is 10.5 Å². The Bertz CT molecular complexity index is 302. The fourth-order valence-electron chi connectivity index (χ4n) is 1.65. The number of hydrogen-bond donors (Lipinski definition) is 2. The number of nitrogens with two attached hydrogens (primary N) is 1. The van der Waals surface area contributed by atoms with E-state index >= 15 is 0 Å². The molecule has 17 heavy (non-hydrogen) atoms. The van der Waals surface area contributed by atoms with Gasteiger partial charge in [-0.15, -0.1) is 0 Å². The number of nitrogens with zero attached hydrogens (tertiary/aromatic N) is 1. The highest BCUT2D eigenvalue weighted by Crippen LogP contribution is 2.05. The Kier molecular flexibility index (Phi) is 6.35. The van der Waals surface area contributed by atoms with Gasteiger partial charge in [0.05, 0.1) is 13.2 Å². The predicted octanol–water partition coefficient (Wildman–Crippen LogP) is -0.472. The summed E-state index contributed by atoms with van der Waals surface area (Å²) in [4.78, 5) is 0. The first kappa shape index (κ1) is 14.8. The molecule has 0 aromatic carbocycles. The van der Waals surface area contributed by atoms with E-state index in [2.05, 4.69) is 11.6 Å². The van der Waals surface area contributed by atoms with E-state index in [1.165, 1.54) is 4.31 Å². The van der Waals surface area contributed by atoms with Gasteiger partial charge in [-0.1, -0.05) is 6.92 Å². The SMILES string of the molecule is CC(CN)CCCNS(=O)(=O)N1CCOCC1. The van der Waals surface area contributed by atoms with Crippen LogP contribution in [0.15, 0.2) is 0 Å². The molecular weight excluding hydrogens is 242 g/mol. The highest BCUT2D eigenvalue weighted by Gasteiger charge is 2.23. The first-order valence-corrected chi connectivity index (χ1v) is 7.53. The molecule has 7 heteroatoms. The van der Waals surface area contributed by atoms with Crippen LogP contribution in [0.4, 0.5) is 0 Å². The van der Waals surface area contributed by atoms with Gasteiger partial charge in [0.2, 0.25) is 0 Å². The van der Waals surface area contributed by atoms with Crippen molar-refractivity contribution >= 4 is 10.2 Å². The number of hydrogen-bond acceptors (Lipinski definition) is 4. The Morgan fingerprint density at radius 2 is 2.06 bits per heavy atom.